The van der Waals surface area contributed by atoms with E-state index in [0.717, 1.165) is 5.56 Å². The largest absolute Gasteiger partial charge is 0.502 e. The third-order valence-corrected chi connectivity index (χ3v) is 4.69. The third-order valence-electron chi connectivity index (χ3n) is 3.34. The van der Waals surface area contributed by atoms with Gasteiger partial charge in [-0.1, -0.05) is 41.6 Å². The number of rotatable bonds is 6. The van der Waals surface area contributed by atoms with Crippen molar-refractivity contribution in [1.82, 2.24) is 14.9 Å². The van der Waals surface area contributed by atoms with Crippen molar-refractivity contribution in [3.63, 3.8) is 0 Å². The summed E-state index contributed by atoms with van der Waals surface area (Å²) in [5.74, 6) is 0.200. The molecule has 0 aliphatic rings. The molecule has 1 aromatic heterocycles. The molecule has 0 fully saturated rings. The lowest BCUT2D eigenvalue weighted by Crippen LogP contribution is -1.94. The summed E-state index contributed by atoms with van der Waals surface area (Å²) in [6.45, 7) is 0. The third kappa shape index (κ3) is 4.19. The van der Waals surface area contributed by atoms with E-state index in [1.54, 1.807) is 0 Å². The van der Waals surface area contributed by atoms with Crippen LogP contribution in [0.1, 0.15) is 11.1 Å². The van der Waals surface area contributed by atoms with Gasteiger partial charge in [-0.05, 0) is 23.8 Å². The first-order valence-electron chi connectivity index (χ1n) is 7.32. The van der Waals surface area contributed by atoms with E-state index in [4.69, 9.17) is 11.6 Å². The fourth-order valence-electron chi connectivity index (χ4n) is 2.05. The van der Waals surface area contributed by atoms with Crippen LogP contribution in [0.25, 0.3) is 0 Å². The zero-order valence-corrected chi connectivity index (χ0v) is 14.8. The van der Waals surface area contributed by atoms with Gasteiger partial charge >= 0.3 is 5.69 Å². The topological polar surface area (TPSA) is 106 Å². The Morgan fingerprint density at radius 3 is 2.92 bits per heavy atom. The van der Waals surface area contributed by atoms with Gasteiger partial charge in [0.05, 0.1) is 11.1 Å². The number of phenolic OH excluding ortho intramolecular Hbond substituents is 1. The van der Waals surface area contributed by atoms with Gasteiger partial charge in [0.2, 0.25) is 5.16 Å². The Bertz CT molecular complexity index is 976. The summed E-state index contributed by atoms with van der Waals surface area (Å²) in [5.41, 5.74) is 1.04. The number of nitrogens with zero attached hydrogens (tertiary/aromatic N) is 5. The number of phenols is 1. The van der Waals surface area contributed by atoms with Crippen molar-refractivity contribution in [2.75, 3.05) is 0 Å². The molecule has 0 aliphatic carbocycles. The Balaban J connectivity index is 1.75. The van der Waals surface area contributed by atoms with E-state index >= 15 is 0 Å². The van der Waals surface area contributed by atoms with Crippen molar-refractivity contribution >= 4 is 35.3 Å². The molecule has 1 N–H and O–H groups in total. The van der Waals surface area contributed by atoms with Crippen LogP contribution in [0.3, 0.4) is 0 Å². The average Bonchev–Trinajstić information content (AvgIpc) is 3.07. The van der Waals surface area contributed by atoms with Crippen LogP contribution in [-0.2, 0) is 5.75 Å². The molecule has 0 spiro atoms. The van der Waals surface area contributed by atoms with Crippen LogP contribution < -0.4 is 0 Å². The van der Waals surface area contributed by atoms with Crippen molar-refractivity contribution in [3.05, 3.63) is 75.1 Å². The van der Waals surface area contributed by atoms with Crippen LogP contribution in [0.5, 0.6) is 5.75 Å². The van der Waals surface area contributed by atoms with Crippen molar-refractivity contribution in [2.45, 2.75) is 10.9 Å². The molecular weight excluding hydrogens is 378 g/mol. The minimum absolute atomic E-state index is 0.383. The number of aromatic nitrogens is 3. The molecule has 0 unspecified atom stereocenters. The van der Waals surface area contributed by atoms with E-state index in [9.17, 15) is 15.2 Å². The maximum Gasteiger partial charge on any atom is 0.311 e. The lowest BCUT2D eigenvalue weighted by Gasteiger charge is -2.03. The van der Waals surface area contributed by atoms with Gasteiger partial charge in [0.1, 0.15) is 6.33 Å². The van der Waals surface area contributed by atoms with Gasteiger partial charge in [-0.2, -0.15) is 9.78 Å². The summed E-state index contributed by atoms with van der Waals surface area (Å²) < 4.78 is 1.46. The van der Waals surface area contributed by atoms with E-state index in [1.165, 1.54) is 47.2 Å². The zero-order valence-electron chi connectivity index (χ0n) is 13.2. The molecule has 0 saturated carbocycles. The number of nitro benzene ring substituents is 1. The Kier molecular flexibility index (Phi) is 5.49. The molecule has 0 bridgehead atoms. The van der Waals surface area contributed by atoms with E-state index < -0.39 is 10.7 Å². The van der Waals surface area contributed by atoms with Crippen molar-refractivity contribution in [1.29, 1.82) is 0 Å². The number of hydrogen-bond donors (Lipinski definition) is 1. The van der Waals surface area contributed by atoms with Crippen molar-refractivity contribution < 1.29 is 10.0 Å². The van der Waals surface area contributed by atoms with Gasteiger partial charge in [0.25, 0.3) is 0 Å². The van der Waals surface area contributed by atoms with Crippen LogP contribution >= 0.6 is 23.4 Å². The molecule has 0 aliphatic heterocycles. The summed E-state index contributed by atoms with van der Waals surface area (Å²) in [6, 6.07) is 11.5. The van der Waals surface area contributed by atoms with Gasteiger partial charge in [0.15, 0.2) is 5.75 Å². The van der Waals surface area contributed by atoms with Crippen LogP contribution in [0.4, 0.5) is 5.69 Å². The average molecular weight is 390 g/mol. The lowest BCUT2D eigenvalue weighted by molar-refractivity contribution is -0.385. The standard InChI is InChI=1S/C16H12ClN5O3S/c17-13-4-2-1-3-12(13)9-26-16-20-18-10-21(16)19-8-11-5-6-15(23)14(7-11)22(24)25/h1-8,10,23H,9H2/b19-8+. The highest BCUT2D eigenvalue weighted by molar-refractivity contribution is 7.98. The highest BCUT2D eigenvalue weighted by Crippen LogP contribution is 2.26. The summed E-state index contributed by atoms with van der Waals surface area (Å²) in [5, 5.41) is 33.6. The number of benzene rings is 2. The van der Waals surface area contributed by atoms with E-state index in [2.05, 4.69) is 15.3 Å². The molecule has 10 heteroatoms. The summed E-state index contributed by atoms with van der Waals surface area (Å²) in [6.07, 6.45) is 2.86. The van der Waals surface area contributed by atoms with E-state index in [1.807, 2.05) is 24.3 Å². The second-order valence-electron chi connectivity index (χ2n) is 5.09. The Hall–Kier alpha value is -2.91. The molecule has 0 radical (unpaired) electrons. The van der Waals surface area contributed by atoms with E-state index in [0.29, 0.717) is 21.5 Å². The number of aromatic hydroxyl groups is 1. The molecule has 0 atom stereocenters. The second kappa shape index (κ2) is 7.98. The molecule has 132 valence electrons. The maximum atomic E-state index is 10.9. The fraction of sp³-hybridized carbons (Fsp3) is 0.0625. The molecule has 0 amide bonds. The van der Waals surface area contributed by atoms with Crippen molar-refractivity contribution in [2.24, 2.45) is 5.10 Å². The SMILES string of the molecule is O=[N+]([O-])c1cc(/C=N/n2cnnc2SCc2ccccc2Cl)ccc1O. The molecule has 26 heavy (non-hydrogen) atoms. The number of halogens is 1. The summed E-state index contributed by atoms with van der Waals surface area (Å²) in [4.78, 5) is 10.2. The monoisotopic (exact) mass is 389 g/mol. The Morgan fingerprint density at radius 1 is 1.35 bits per heavy atom. The molecule has 3 aromatic rings. The second-order valence-corrected chi connectivity index (χ2v) is 6.44. The highest BCUT2D eigenvalue weighted by Gasteiger charge is 2.13. The molecular formula is C16H12ClN5O3S. The first-order valence-corrected chi connectivity index (χ1v) is 8.69. The normalized spacial score (nSPS) is 11.1. The van der Waals surface area contributed by atoms with Crippen LogP contribution in [-0.4, -0.2) is 31.1 Å². The highest BCUT2D eigenvalue weighted by atomic mass is 35.5. The first-order chi connectivity index (χ1) is 12.5. The van der Waals surface area contributed by atoms with Crippen LogP contribution in [0.2, 0.25) is 5.02 Å². The predicted octanol–water partition coefficient (Wildman–Crippen LogP) is 3.72. The predicted molar refractivity (Wildman–Crippen MR) is 98.8 cm³/mol. The van der Waals surface area contributed by atoms with Crippen LogP contribution in [0.15, 0.2) is 59.0 Å². The molecule has 3 rings (SSSR count). The van der Waals surface area contributed by atoms with Gasteiger partial charge in [-0.25, -0.2) is 0 Å². The molecule has 0 saturated heterocycles. The first kappa shape index (κ1) is 17.9. The van der Waals surface area contributed by atoms with Crippen molar-refractivity contribution in [3.8, 4) is 5.75 Å². The van der Waals surface area contributed by atoms with Gasteiger partial charge < -0.3 is 5.11 Å². The van der Waals surface area contributed by atoms with Gasteiger partial charge in [-0.3, -0.25) is 10.1 Å². The molecule has 8 nitrogen and oxygen atoms in total. The Morgan fingerprint density at radius 2 is 2.15 bits per heavy atom. The fourth-order valence-corrected chi connectivity index (χ4v) is 3.20. The van der Waals surface area contributed by atoms with Gasteiger partial charge in [-0.15, -0.1) is 10.2 Å². The maximum absolute atomic E-state index is 10.9. The minimum atomic E-state index is -0.656. The van der Waals surface area contributed by atoms with Crippen LogP contribution in [0, 0.1) is 10.1 Å². The summed E-state index contributed by atoms with van der Waals surface area (Å²) in [7, 11) is 0. The lowest BCUT2D eigenvalue weighted by atomic mass is 10.2. The molecule has 2 aromatic carbocycles. The quantitative estimate of drug-likeness (QED) is 0.298. The number of hydrogen-bond acceptors (Lipinski definition) is 7. The zero-order chi connectivity index (χ0) is 18.5. The number of nitro groups is 1. The summed E-state index contributed by atoms with van der Waals surface area (Å²) >= 11 is 7.55. The van der Waals surface area contributed by atoms with Gasteiger partial charge in [0, 0.05) is 22.4 Å². The van der Waals surface area contributed by atoms with E-state index in [-0.39, 0.29) is 5.69 Å². The number of thioether (sulfide) groups is 1. The smallest absolute Gasteiger partial charge is 0.311 e. The Labute approximate surface area is 157 Å². The molecule has 1 heterocycles. The minimum Gasteiger partial charge on any atom is -0.502 e.